The number of hydrogen-bond acceptors (Lipinski definition) is 6. The molecule has 2 aromatic heterocycles. The van der Waals surface area contributed by atoms with Crippen molar-refractivity contribution < 1.29 is 14.1 Å². The molecule has 2 rings (SSSR count). The monoisotopic (exact) mass is 337 g/mol. The number of aromatic nitrogens is 4. The molecule has 1 N–H and O–H groups in total. The smallest absolute Gasteiger partial charge is 0.270 e. The van der Waals surface area contributed by atoms with Crippen LogP contribution in [-0.2, 0) is 17.4 Å². The van der Waals surface area contributed by atoms with E-state index >= 15 is 0 Å². The molecule has 0 aliphatic heterocycles. The Kier molecular flexibility index (Phi) is 4.44. The van der Waals surface area contributed by atoms with E-state index < -0.39 is 22.3 Å². The molecular weight excluding hydrogens is 321 g/mol. The van der Waals surface area contributed by atoms with Gasteiger partial charge in [-0.2, -0.15) is 19.7 Å². The second kappa shape index (κ2) is 6.18. The van der Waals surface area contributed by atoms with Gasteiger partial charge in [0, 0.05) is 7.05 Å². The summed E-state index contributed by atoms with van der Waals surface area (Å²) in [6.45, 7) is 4.65. The van der Waals surface area contributed by atoms with Crippen LogP contribution in [0.4, 0.5) is 10.1 Å². The summed E-state index contributed by atoms with van der Waals surface area (Å²) in [5.74, 6) is -1.15. The van der Waals surface area contributed by atoms with E-state index in [0.717, 1.165) is 28.0 Å². The molecule has 24 heavy (non-hydrogen) atoms. The molecule has 0 bridgehead atoms. The summed E-state index contributed by atoms with van der Waals surface area (Å²) >= 11 is 0. The highest BCUT2D eigenvalue weighted by Gasteiger charge is 2.32. The summed E-state index contributed by atoms with van der Waals surface area (Å²) < 4.78 is 16.0. The van der Waals surface area contributed by atoms with Crippen molar-refractivity contribution in [3.63, 3.8) is 0 Å². The van der Waals surface area contributed by atoms with Crippen molar-refractivity contribution >= 4 is 17.8 Å². The Labute approximate surface area is 136 Å². The molecule has 0 saturated heterocycles. The molecule has 0 aliphatic carbocycles. The summed E-state index contributed by atoms with van der Waals surface area (Å²) in [5, 5.41) is 22.1. The molecule has 0 spiro atoms. The maximum atomic E-state index is 13.7. The summed E-state index contributed by atoms with van der Waals surface area (Å²) in [6, 6.07) is 0. The van der Waals surface area contributed by atoms with Crippen LogP contribution in [0.3, 0.4) is 0 Å². The minimum atomic E-state index is -1.23. The van der Waals surface area contributed by atoms with Gasteiger partial charge in [0.2, 0.25) is 5.95 Å². The normalized spacial score (nSPS) is 11.9. The van der Waals surface area contributed by atoms with Gasteiger partial charge in [-0.3, -0.25) is 19.6 Å². The topological polar surface area (TPSA) is 120 Å². The van der Waals surface area contributed by atoms with Gasteiger partial charge in [0.1, 0.15) is 17.9 Å². The zero-order chi connectivity index (χ0) is 18.1. The molecular formula is C13H16FN7O3. The molecule has 2 heterocycles. The van der Waals surface area contributed by atoms with Gasteiger partial charge in [-0.05, 0) is 20.8 Å². The quantitative estimate of drug-likeness (QED) is 0.493. The largest absolute Gasteiger partial charge is 0.307 e. The van der Waals surface area contributed by atoms with E-state index in [2.05, 4.69) is 20.7 Å². The van der Waals surface area contributed by atoms with Gasteiger partial charge in [0.05, 0.1) is 22.4 Å². The number of halogens is 1. The number of carbonyl (C=O) groups is 1. The number of nitro groups is 1. The molecule has 0 atom stereocenters. The summed E-state index contributed by atoms with van der Waals surface area (Å²) in [4.78, 5) is 22.3. The third-order valence-electron chi connectivity index (χ3n) is 3.46. The number of hydrogen-bond donors (Lipinski definition) is 1. The fourth-order valence-corrected chi connectivity index (χ4v) is 1.90. The van der Waals surface area contributed by atoms with Crippen molar-refractivity contribution in [3.8, 4) is 0 Å². The lowest BCUT2D eigenvalue weighted by Crippen LogP contribution is -2.42. The highest BCUT2D eigenvalue weighted by molar-refractivity contribution is 5.86. The van der Waals surface area contributed by atoms with E-state index in [0.29, 0.717) is 5.69 Å². The van der Waals surface area contributed by atoms with E-state index in [1.807, 2.05) is 0 Å². The lowest BCUT2D eigenvalue weighted by atomic mass is 10.1. The van der Waals surface area contributed by atoms with Crippen molar-refractivity contribution in [1.82, 2.24) is 25.0 Å². The maximum Gasteiger partial charge on any atom is 0.307 e. The molecule has 2 aromatic rings. The average Bonchev–Trinajstić information content (AvgIpc) is 3.08. The SMILES string of the molecule is Cc1nn(C)c(F)c1/C=N/NC(=O)C(C)(C)n1cc([N+](=O)[O-])cn1. The van der Waals surface area contributed by atoms with Crippen LogP contribution in [0, 0.1) is 23.0 Å². The molecule has 128 valence electrons. The van der Waals surface area contributed by atoms with Gasteiger partial charge in [0.25, 0.3) is 5.91 Å². The zero-order valence-corrected chi connectivity index (χ0v) is 13.5. The second-order valence-corrected chi connectivity index (χ2v) is 5.57. The van der Waals surface area contributed by atoms with Crippen LogP contribution in [0.15, 0.2) is 17.5 Å². The highest BCUT2D eigenvalue weighted by Crippen LogP contribution is 2.18. The number of amides is 1. The Morgan fingerprint density at radius 2 is 2.21 bits per heavy atom. The molecule has 0 unspecified atom stereocenters. The summed E-state index contributed by atoms with van der Waals surface area (Å²) in [5.41, 5.74) is 1.39. The molecule has 0 fully saturated rings. The number of hydrazone groups is 1. The van der Waals surface area contributed by atoms with Crippen LogP contribution >= 0.6 is 0 Å². The third kappa shape index (κ3) is 3.14. The fraction of sp³-hybridized carbons (Fsp3) is 0.385. The molecule has 1 amide bonds. The third-order valence-corrected chi connectivity index (χ3v) is 3.46. The minimum Gasteiger partial charge on any atom is -0.270 e. The van der Waals surface area contributed by atoms with Crippen LogP contribution in [0.5, 0.6) is 0 Å². The molecule has 10 nitrogen and oxygen atoms in total. The van der Waals surface area contributed by atoms with Gasteiger partial charge < -0.3 is 0 Å². The average molecular weight is 337 g/mol. The van der Waals surface area contributed by atoms with Gasteiger partial charge >= 0.3 is 5.69 Å². The van der Waals surface area contributed by atoms with E-state index in [-0.39, 0.29) is 11.3 Å². The predicted octanol–water partition coefficient (Wildman–Crippen LogP) is 0.858. The maximum absolute atomic E-state index is 13.7. The number of aryl methyl sites for hydroxylation is 2. The summed E-state index contributed by atoms with van der Waals surface area (Å²) in [7, 11) is 1.45. The van der Waals surface area contributed by atoms with Gasteiger partial charge in [-0.1, -0.05) is 0 Å². The lowest BCUT2D eigenvalue weighted by Gasteiger charge is -2.22. The number of nitrogens with one attached hydrogen (secondary N) is 1. The molecule has 0 aliphatic rings. The number of rotatable bonds is 5. The Morgan fingerprint density at radius 3 is 2.71 bits per heavy atom. The standard InChI is InChI=1S/C13H16FN7O3/c1-8-10(11(14)19(4)18-8)6-15-17-12(22)13(2,3)20-7-9(5-16-20)21(23)24/h5-7H,1-4H3,(H,17,22)/b15-6+. The first-order chi connectivity index (χ1) is 11.1. The van der Waals surface area contributed by atoms with Crippen LogP contribution in [0.1, 0.15) is 25.1 Å². The Hall–Kier alpha value is -3.11. The first kappa shape index (κ1) is 17.2. The van der Waals surface area contributed by atoms with Crippen molar-refractivity contribution in [2.24, 2.45) is 12.1 Å². The molecule has 0 radical (unpaired) electrons. The minimum absolute atomic E-state index is 0.158. The van der Waals surface area contributed by atoms with E-state index in [1.165, 1.54) is 20.9 Å². The first-order valence-electron chi connectivity index (χ1n) is 6.86. The Balaban J connectivity index is 2.12. The Morgan fingerprint density at radius 1 is 1.54 bits per heavy atom. The first-order valence-corrected chi connectivity index (χ1v) is 6.86. The van der Waals surface area contributed by atoms with E-state index in [9.17, 15) is 19.3 Å². The van der Waals surface area contributed by atoms with Gasteiger partial charge in [-0.25, -0.2) is 10.1 Å². The van der Waals surface area contributed by atoms with Crippen molar-refractivity contribution in [3.05, 3.63) is 39.7 Å². The number of nitrogens with zero attached hydrogens (tertiary/aromatic N) is 6. The molecule has 11 heteroatoms. The van der Waals surface area contributed by atoms with Crippen LogP contribution in [-0.4, -0.2) is 36.6 Å². The van der Waals surface area contributed by atoms with Crippen LogP contribution in [0.2, 0.25) is 0 Å². The van der Waals surface area contributed by atoms with E-state index in [4.69, 9.17) is 0 Å². The van der Waals surface area contributed by atoms with Gasteiger partial charge in [-0.15, -0.1) is 0 Å². The fourth-order valence-electron chi connectivity index (χ4n) is 1.90. The molecule has 0 aromatic carbocycles. The van der Waals surface area contributed by atoms with Crippen LogP contribution < -0.4 is 5.43 Å². The lowest BCUT2D eigenvalue weighted by molar-refractivity contribution is -0.385. The van der Waals surface area contributed by atoms with Crippen molar-refractivity contribution in [1.29, 1.82) is 0 Å². The predicted molar refractivity (Wildman–Crippen MR) is 81.8 cm³/mol. The second-order valence-electron chi connectivity index (χ2n) is 5.57. The molecule has 0 saturated carbocycles. The van der Waals surface area contributed by atoms with Crippen molar-refractivity contribution in [2.75, 3.05) is 0 Å². The zero-order valence-electron chi connectivity index (χ0n) is 13.5. The van der Waals surface area contributed by atoms with Crippen LogP contribution in [0.25, 0.3) is 0 Å². The Bertz CT molecular complexity index is 822. The van der Waals surface area contributed by atoms with Crippen molar-refractivity contribution in [2.45, 2.75) is 26.3 Å². The summed E-state index contributed by atoms with van der Waals surface area (Å²) in [6.07, 6.45) is 3.35. The highest BCUT2D eigenvalue weighted by atomic mass is 19.1. The number of carbonyl (C=O) groups excluding carboxylic acids is 1. The van der Waals surface area contributed by atoms with Gasteiger partial charge in [0.15, 0.2) is 0 Å². The van der Waals surface area contributed by atoms with E-state index in [1.54, 1.807) is 6.92 Å².